The Balaban J connectivity index is 1.45. The largest absolute Gasteiger partial charge is 0.354 e. The molecule has 2 saturated heterocycles. The molecule has 4 heteroatoms. The lowest BCUT2D eigenvalue weighted by Gasteiger charge is -2.31. The van der Waals surface area contributed by atoms with E-state index in [0.717, 1.165) is 39.0 Å². The molecule has 2 aliphatic rings. The number of nitrogens with one attached hydrogen (secondary N) is 1. The Morgan fingerprint density at radius 3 is 2.58 bits per heavy atom. The van der Waals surface area contributed by atoms with Gasteiger partial charge in [0.1, 0.15) is 0 Å². The third kappa shape index (κ3) is 4.58. The summed E-state index contributed by atoms with van der Waals surface area (Å²) in [5, 5.41) is 3.24. The van der Waals surface area contributed by atoms with E-state index < -0.39 is 0 Å². The SMILES string of the molecule is CCN1CCC(CNC(=O)[C@H]2CCCN2Cc2ccccc2)CC1. The highest BCUT2D eigenvalue weighted by Crippen LogP contribution is 2.21. The van der Waals surface area contributed by atoms with Gasteiger partial charge in [0.05, 0.1) is 6.04 Å². The number of amides is 1. The maximum absolute atomic E-state index is 12.6. The Hall–Kier alpha value is -1.39. The van der Waals surface area contributed by atoms with E-state index in [9.17, 15) is 4.79 Å². The molecule has 0 spiro atoms. The molecule has 0 unspecified atom stereocenters. The molecule has 0 aromatic heterocycles. The van der Waals surface area contributed by atoms with Crippen LogP contribution in [0.15, 0.2) is 30.3 Å². The average molecular weight is 329 g/mol. The van der Waals surface area contributed by atoms with E-state index in [-0.39, 0.29) is 11.9 Å². The highest BCUT2D eigenvalue weighted by Gasteiger charge is 2.31. The summed E-state index contributed by atoms with van der Waals surface area (Å²) in [7, 11) is 0. The van der Waals surface area contributed by atoms with Crippen LogP contribution in [0.3, 0.4) is 0 Å². The Morgan fingerprint density at radius 1 is 1.12 bits per heavy atom. The van der Waals surface area contributed by atoms with Crippen LogP contribution < -0.4 is 5.32 Å². The molecular weight excluding hydrogens is 298 g/mol. The van der Waals surface area contributed by atoms with Crippen LogP contribution in [-0.4, -0.2) is 54.5 Å². The van der Waals surface area contributed by atoms with Crippen molar-refractivity contribution >= 4 is 5.91 Å². The van der Waals surface area contributed by atoms with Gasteiger partial charge in [-0.2, -0.15) is 0 Å². The standard InChI is InChI=1S/C20H31N3O/c1-2-22-13-10-17(11-14-22)15-21-20(24)19-9-6-12-23(19)16-18-7-4-3-5-8-18/h3-5,7-8,17,19H,2,6,9-16H2,1H3,(H,21,24)/t19-/m1/s1. The summed E-state index contributed by atoms with van der Waals surface area (Å²) in [5.74, 6) is 0.891. The van der Waals surface area contributed by atoms with Crippen molar-refractivity contribution in [1.29, 1.82) is 0 Å². The van der Waals surface area contributed by atoms with Crippen molar-refractivity contribution < 1.29 is 4.79 Å². The van der Waals surface area contributed by atoms with Gasteiger partial charge in [-0.1, -0.05) is 37.3 Å². The van der Waals surface area contributed by atoms with Gasteiger partial charge < -0.3 is 10.2 Å². The minimum Gasteiger partial charge on any atom is -0.354 e. The van der Waals surface area contributed by atoms with Crippen molar-refractivity contribution in [2.45, 2.75) is 45.2 Å². The molecule has 0 aliphatic carbocycles. The Morgan fingerprint density at radius 2 is 1.88 bits per heavy atom. The van der Waals surface area contributed by atoms with Gasteiger partial charge in [0.25, 0.3) is 0 Å². The molecule has 2 heterocycles. The highest BCUT2D eigenvalue weighted by atomic mass is 16.2. The van der Waals surface area contributed by atoms with Crippen LogP contribution in [0.25, 0.3) is 0 Å². The van der Waals surface area contributed by atoms with Crippen molar-refractivity contribution in [1.82, 2.24) is 15.1 Å². The second kappa shape index (κ2) is 8.63. The summed E-state index contributed by atoms with van der Waals surface area (Å²) < 4.78 is 0. The Bertz CT molecular complexity index is 511. The quantitative estimate of drug-likeness (QED) is 0.871. The first-order valence-corrected chi connectivity index (χ1v) is 9.54. The van der Waals surface area contributed by atoms with Gasteiger partial charge in [-0.25, -0.2) is 0 Å². The molecular formula is C20H31N3O. The minimum absolute atomic E-state index is 0.0564. The second-order valence-electron chi connectivity index (χ2n) is 7.24. The molecule has 0 saturated carbocycles. The summed E-state index contributed by atoms with van der Waals surface area (Å²) in [6, 6.07) is 10.5. The molecule has 3 rings (SSSR count). The van der Waals surface area contributed by atoms with Crippen LogP contribution in [0.4, 0.5) is 0 Å². The first-order valence-electron chi connectivity index (χ1n) is 9.54. The van der Waals surface area contributed by atoms with Crippen molar-refractivity contribution in [2.75, 3.05) is 32.7 Å². The lowest BCUT2D eigenvalue weighted by atomic mass is 9.96. The first-order chi connectivity index (χ1) is 11.8. The highest BCUT2D eigenvalue weighted by molar-refractivity contribution is 5.82. The molecule has 1 atom stereocenters. The van der Waals surface area contributed by atoms with Gasteiger partial charge >= 0.3 is 0 Å². The van der Waals surface area contributed by atoms with Crippen LogP contribution in [0.5, 0.6) is 0 Å². The number of rotatable bonds is 6. The van der Waals surface area contributed by atoms with Gasteiger partial charge in [-0.05, 0) is 63.3 Å². The van der Waals surface area contributed by atoms with Crippen molar-refractivity contribution in [3.05, 3.63) is 35.9 Å². The van der Waals surface area contributed by atoms with Gasteiger partial charge in [0, 0.05) is 13.1 Å². The molecule has 1 aromatic rings. The number of carbonyl (C=O) groups excluding carboxylic acids is 1. The van der Waals surface area contributed by atoms with E-state index in [2.05, 4.69) is 46.3 Å². The van der Waals surface area contributed by atoms with Gasteiger partial charge in [-0.3, -0.25) is 9.69 Å². The summed E-state index contributed by atoms with van der Waals surface area (Å²) >= 11 is 0. The summed E-state index contributed by atoms with van der Waals surface area (Å²) in [4.78, 5) is 17.5. The maximum atomic E-state index is 12.6. The third-order valence-corrected chi connectivity index (χ3v) is 5.61. The third-order valence-electron chi connectivity index (χ3n) is 5.61. The maximum Gasteiger partial charge on any atom is 0.237 e. The van der Waals surface area contributed by atoms with E-state index >= 15 is 0 Å². The van der Waals surface area contributed by atoms with Crippen LogP contribution in [0.2, 0.25) is 0 Å². The smallest absolute Gasteiger partial charge is 0.237 e. The number of piperidine rings is 1. The lowest BCUT2D eigenvalue weighted by molar-refractivity contribution is -0.125. The molecule has 24 heavy (non-hydrogen) atoms. The molecule has 2 aliphatic heterocycles. The topological polar surface area (TPSA) is 35.6 Å². The van der Waals surface area contributed by atoms with E-state index in [1.165, 1.54) is 31.5 Å². The zero-order chi connectivity index (χ0) is 16.8. The van der Waals surface area contributed by atoms with E-state index in [1.54, 1.807) is 0 Å². The fraction of sp³-hybridized carbons (Fsp3) is 0.650. The molecule has 0 radical (unpaired) electrons. The zero-order valence-corrected chi connectivity index (χ0v) is 14.9. The second-order valence-corrected chi connectivity index (χ2v) is 7.24. The molecule has 2 fully saturated rings. The number of carbonyl (C=O) groups is 1. The summed E-state index contributed by atoms with van der Waals surface area (Å²) in [5.41, 5.74) is 1.30. The van der Waals surface area contributed by atoms with Crippen LogP contribution in [-0.2, 0) is 11.3 Å². The average Bonchev–Trinajstić information content (AvgIpc) is 3.09. The van der Waals surface area contributed by atoms with E-state index in [1.807, 2.05) is 6.07 Å². The lowest BCUT2D eigenvalue weighted by Crippen LogP contribution is -2.45. The van der Waals surface area contributed by atoms with Crippen LogP contribution in [0, 0.1) is 5.92 Å². The van der Waals surface area contributed by atoms with E-state index in [0.29, 0.717) is 5.92 Å². The molecule has 4 nitrogen and oxygen atoms in total. The summed E-state index contributed by atoms with van der Waals surface area (Å²) in [6.45, 7) is 8.50. The minimum atomic E-state index is 0.0564. The Kier molecular flexibility index (Phi) is 6.27. The van der Waals surface area contributed by atoms with Crippen molar-refractivity contribution in [2.24, 2.45) is 5.92 Å². The molecule has 1 amide bonds. The van der Waals surface area contributed by atoms with Crippen molar-refractivity contribution in [3.63, 3.8) is 0 Å². The first kappa shape index (κ1) is 17.4. The molecule has 1 N–H and O–H groups in total. The van der Waals surface area contributed by atoms with Gasteiger partial charge in [-0.15, -0.1) is 0 Å². The van der Waals surface area contributed by atoms with Gasteiger partial charge in [0.2, 0.25) is 5.91 Å². The summed E-state index contributed by atoms with van der Waals surface area (Å²) in [6.07, 6.45) is 4.55. The predicted octanol–water partition coefficient (Wildman–Crippen LogP) is 2.50. The number of benzene rings is 1. The fourth-order valence-electron chi connectivity index (χ4n) is 4.00. The molecule has 0 bridgehead atoms. The number of likely N-dealkylation sites (tertiary alicyclic amines) is 2. The van der Waals surface area contributed by atoms with Crippen molar-refractivity contribution in [3.8, 4) is 0 Å². The Labute approximate surface area is 146 Å². The number of hydrogen-bond donors (Lipinski definition) is 1. The predicted molar refractivity (Wildman–Crippen MR) is 97.7 cm³/mol. The van der Waals surface area contributed by atoms with E-state index in [4.69, 9.17) is 0 Å². The van der Waals surface area contributed by atoms with Gasteiger partial charge in [0.15, 0.2) is 0 Å². The number of hydrogen-bond acceptors (Lipinski definition) is 3. The zero-order valence-electron chi connectivity index (χ0n) is 14.9. The normalized spacial score (nSPS) is 23.5. The molecule has 132 valence electrons. The molecule has 1 aromatic carbocycles. The monoisotopic (exact) mass is 329 g/mol. The number of nitrogens with zero attached hydrogens (tertiary/aromatic N) is 2. The van der Waals surface area contributed by atoms with Crippen LogP contribution >= 0.6 is 0 Å². The fourth-order valence-corrected chi connectivity index (χ4v) is 4.00. The van der Waals surface area contributed by atoms with Crippen LogP contribution in [0.1, 0.15) is 38.2 Å².